The molecule has 158 valence electrons. The van der Waals surface area contributed by atoms with Crippen LogP contribution in [-0.4, -0.2) is 52.1 Å². The first-order chi connectivity index (χ1) is 14.1. The third kappa shape index (κ3) is 3.23. The second-order valence-corrected chi connectivity index (χ2v) is 11.6. The summed E-state index contributed by atoms with van der Waals surface area (Å²) in [4.78, 5) is 16.0. The van der Waals surface area contributed by atoms with Crippen LogP contribution < -0.4 is 4.90 Å². The molecule has 7 rings (SSSR count). The summed E-state index contributed by atoms with van der Waals surface area (Å²) in [6.07, 6.45) is 9.98. The van der Waals surface area contributed by atoms with Crippen molar-refractivity contribution in [3.8, 4) is 0 Å². The molecule has 4 bridgehead atoms. The summed E-state index contributed by atoms with van der Waals surface area (Å²) >= 11 is 1.66. The monoisotopic (exact) mass is 416 g/mol. The molecule has 0 spiro atoms. The van der Waals surface area contributed by atoms with Crippen LogP contribution in [0.25, 0.3) is 0 Å². The molecule has 0 N–H and O–H groups in total. The van der Waals surface area contributed by atoms with Crippen LogP contribution >= 0.6 is 11.8 Å². The number of anilines is 1. The molecular formula is C22H32N4O2S. The molecule has 5 saturated carbocycles. The topological polar surface area (TPSA) is 60.2 Å². The minimum atomic E-state index is -0.0366. The van der Waals surface area contributed by atoms with Gasteiger partial charge in [0.05, 0.1) is 18.5 Å². The molecule has 6 aliphatic rings. The van der Waals surface area contributed by atoms with Crippen LogP contribution in [0.15, 0.2) is 5.16 Å². The van der Waals surface area contributed by atoms with Crippen molar-refractivity contribution in [2.75, 3.05) is 31.2 Å². The summed E-state index contributed by atoms with van der Waals surface area (Å²) in [6.45, 7) is 5.36. The quantitative estimate of drug-likeness (QED) is 0.659. The van der Waals surface area contributed by atoms with Crippen LogP contribution in [0.5, 0.6) is 0 Å². The van der Waals surface area contributed by atoms with Crippen LogP contribution in [0, 0.1) is 23.2 Å². The Bertz CT molecular complexity index is 763. The Balaban J connectivity index is 1.22. The van der Waals surface area contributed by atoms with Gasteiger partial charge in [-0.1, -0.05) is 11.8 Å². The van der Waals surface area contributed by atoms with E-state index in [2.05, 4.69) is 26.6 Å². The SMILES string of the molecule is C[C@H](Sc1nnc(N2CCOCC2)n1C1CC1)C(=O)C12CC3CC(CC(C3)C1)C2. The van der Waals surface area contributed by atoms with E-state index in [-0.39, 0.29) is 10.7 Å². The van der Waals surface area contributed by atoms with Crippen molar-refractivity contribution in [2.45, 2.75) is 74.7 Å². The highest BCUT2D eigenvalue weighted by Crippen LogP contribution is 2.61. The van der Waals surface area contributed by atoms with Gasteiger partial charge in [0.15, 0.2) is 10.9 Å². The van der Waals surface area contributed by atoms with Crippen LogP contribution in [0.4, 0.5) is 5.95 Å². The van der Waals surface area contributed by atoms with Gasteiger partial charge in [0.25, 0.3) is 0 Å². The van der Waals surface area contributed by atoms with Gasteiger partial charge in [-0.25, -0.2) is 0 Å². The van der Waals surface area contributed by atoms with Gasteiger partial charge in [-0.2, -0.15) is 0 Å². The lowest BCUT2D eigenvalue weighted by Crippen LogP contribution is -2.51. The van der Waals surface area contributed by atoms with Crippen molar-refractivity contribution < 1.29 is 9.53 Å². The first-order valence-corrected chi connectivity index (χ1v) is 12.5. The van der Waals surface area contributed by atoms with Gasteiger partial charge in [-0.15, -0.1) is 10.2 Å². The number of hydrogen-bond acceptors (Lipinski definition) is 6. The molecule has 6 nitrogen and oxygen atoms in total. The van der Waals surface area contributed by atoms with Crippen LogP contribution in [0.1, 0.15) is 64.3 Å². The summed E-state index contributed by atoms with van der Waals surface area (Å²) < 4.78 is 7.83. The predicted molar refractivity (Wildman–Crippen MR) is 112 cm³/mol. The van der Waals surface area contributed by atoms with Gasteiger partial charge < -0.3 is 9.64 Å². The molecule has 29 heavy (non-hydrogen) atoms. The van der Waals surface area contributed by atoms with Crippen molar-refractivity contribution in [1.82, 2.24) is 14.8 Å². The molecule has 0 aromatic carbocycles. The summed E-state index contributed by atoms with van der Waals surface area (Å²) in [5.74, 6) is 3.91. The van der Waals surface area contributed by atoms with Crippen molar-refractivity contribution >= 4 is 23.5 Å². The highest BCUT2D eigenvalue weighted by atomic mass is 32.2. The number of carbonyl (C=O) groups excluding carboxylic acids is 1. The maximum absolute atomic E-state index is 13.7. The number of ether oxygens (including phenoxy) is 1. The molecule has 1 atom stereocenters. The zero-order valence-electron chi connectivity index (χ0n) is 17.4. The fourth-order valence-corrected chi connectivity index (χ4v) is 8.14. The number of nitrogens with zero attached hydrogens (tertiary/aromatic N) is 4. The smallest absolute Gasteiger partial charge is 0.228 e. The fourth-order valence-electron chi connectivity index (χ4n) is 7.04. The zero-order chi connectivity index (χ0) is 19.6. The van der Waals surface area contributed by atoms with E-state index < -0.39 is 0 Å². The molecule has 5 aliphatic carbocycles. The van der Waals surface area contributed by atoms with Gasteiger partial charge in [-0.05, 0) is 76.0 Å². The molecule has 0 amide bonds. The summed E-state index contributed by atoms with van der Waals surface area (Å²) in [7, 11) is 0. The van der Waals surface area contributed by atoms with Gasteiger partial charge in [0, 0.05) is 24.5 Å². The Morgan fingerprint density at radius 3 is 2.28 bits per heavy atom. The summed E-state index contributed by atoms with van der Waals surface area (Å²) in [6, 6.07) is 0.507. The summed E-state index contributed by atoms with van der Waals surface area (Å²) in [5.41, 5.74) is -0.0291. The Labute approximate surface area is 177 Å². The van der Waals surface area contributed by atoms with Crippen LogP contribution in [-0.2, 0) is 9.53 Å². The molecule has 0 unspecified atom stereocenters. The Morgan fingerprint density at radius 1 is 1.07 bits per heavy atom. The second-order valence-electron chi connectivity index (χ2n) is 10.3. The Morgan fingerprint density at radius 2 is 1.69 bits per heavy atom. The third-order valence-corrected chi connectivity index (χ3v) is 9.12. The minimum Gasteiger partial charge on any atom is -0.378 e. The number of thioether (sulfide) groups is 1. The standard InChI is InChI=1S/C22H32N4O2S/c1-14(19(27)22-11-15-8-16(12-22)10-17(9-15)13-22)29-21-24-23-20(26(21)18-2-3-18)25-4-6-28-7-5-25/h14-18H,2-13H2,1H3/t14-,15?,16?,17?,22?/m0/s1. The fraction of sp³-hybridized carbons (Fsp3) is 0.864. The van der Waals surface area contributed by atoms with E-state index >= 15 is 0 Å². The number of Topliss-reactive ketones (excluding diaryl/α,β-unsaturated/α-hetero) is 1. The van der Waals surface area contributed by atoms with Crippen LogP contribution in [0.2, 0.25) is 0 Å². The first kappa shape index (κ1) is 18.7. The number of ketones is 1. The number of carbonyl (C=O) groups is 1. The van der Waals surface area contributed by atoms with Crippen molar-refractivity contribution in [2.24, 2.45) is 23.2 Å². The van der Waals surface area contributed by atoms with E-state index in [1.807, 2.05) is 0 Å². The lowest BCUT2D eigenvalue weighted by Gasteiger charge is -2.56. The van der Waals surface area contributed by atoms with Gasteiger partial charge in [0.1, 0.15) is 0 Å². The second kappa shape index (κ2) is 6.98. The molecule has 2 heterocycles. The van der Waals surface area contributed by atoms with E-state index in [0.29, 0.717) is 11.8 Å². The van der Waals surface area contributed by atoms with E-state index in [9.17, 15) is 4.79 Å². The van der Waals surface area contributed by atoms with E-state index in [4.69, 9.17) is 4.74 Å². The van der Waals surface area contributed by atoms with E-state index in [0.717, 1.165) is 74.4 Å². The molecule has 1 aromatic rings. The molecule has 1 aromatic heterocycles. The highest BCUT2D eigenvalue weighted by Gasteiger charge is 2.55. The number of rotatable bonds is 6. The lowest BCUT2D eigenvalue weighted by molar-refractivity contribution is -0.143. The maximum Gasteiger partial charge on any atom is 0.228 e. The van der Waals surface area contributed by atoms with Crippen molar-refractivity contribution in [3.05, 3.63) is 0 Å². The minimum absolute atomic E-state index is 0.0291. The van der Waals surface area contributed by atoms with Crippen molar-refractivity contribution in [3.63, 3.8) is 0 Å². The van der Waals surface area contributed by atoms with Gasteiger partial charge >= 0.3 is 0 Å². The largest absolute Gasteiger partial charge is 0.378 e. The average Bonchev–Trinajstić information content (AvgIpc) is 3.47. The Kier molecular flexibility index (Phi) is 4.49. The first-order valence-electron chi connectivity index (χ1n) is 11.6. The highest BCUT2D eigenvalue weighted by molar-refractivity contribution is 8.00. The number of hydrogen-bond donors (Lipinski definition) is 0. The molecule has 1 aliphatic heterocycles. The maximum atomic E-state index is 13.7. The molecule has 6 fully saturated rings. The average molecular weight is 417 g/mol. The third-order valence-electron chi connectivity index (χ3n) is 8.06. The van der Waals surface area contributed by atoms with Gasteiger partial charge in [0.2, 0.25) is 5.95 Å². The summed E-state index contributed by atoms with van der Waals surface area (Å²) in [5, 5.41) is 10.0. The molecule has 7 heteroatoms. The van der Waals surface area contributed by atoms with E-state index in [1.165, 1.54) is 32.1 Å². The number of aromatic nitrogens is 3. The van der Waals surface area contributed by atoms with Gasteiger partial charge in [-0.3, -0.25) is 9.36 Å². The zero-order valence-corrected chi connectivity index (χ0v) is 18.2. The molecular weight excluding hydrogens is 384 g/mol. The lowest BCUT2D eigenvalue weighted by atomic mass is 9.48. The predicted octanol–water partition coefficient (Wildman–Crippen LogP) is 3.72. The van der Waals surface area contributed by atoms with E-state index in [1.54, 1.807) is 11.8 Å². The molecule has 1 saturated heterocycles. The molecule has 0 radical (unpaired) electrons. The Hall–Kier alpha value is -1.08. The van der Waals surface area contributed by atoms with Crippen LogP contribution in [0.3, 0.4) is 0 Å². The van der Waals surface area contributed by atoms with Crippen molar-refractivity contribution in [1.29, 1.82) is 0 Å². The normalized spacial score (nSPS) is 37.1. The number of morpholine rings is 1.